The predicted molar refractivity (Wildman–Crippen MR) is 168 cm³/mol. The molecule has 1 amide bonds. The summed E-state index contributed by atoms with van der Waals surface area (Å²) in [4.78, 5) is 18.5. The van der Waals surface area contributed by atoms with Gasteiger partial charge in [0.25, 0.3) is 5.91 Å². The number of piperidine rings is 1. The molecule has 0 bridgehead atoms. The van der Waals surface area contributed by atoms with Crippen LogP contribution in [0.5, 0.6) is 17.2 Å². The monoisotopic (exact) mass is 640 g/mol. The van der Waals surface area contributed by atoms with E-state index in [4.69, 9.17) is 14.2 Å². The van der Waals surface area contributed by atoms with Gasteiger partial charge in [-0.25, -0.2) is 17.8 Å². The summed E-state index contributed by atoms with van der Waals surface area (Å²) in [6, 6.07) is 13.3. The molecule has 1 aliphatic heterocycles. The van der Waals surface area contributed by atoms with Crippen molar-refractivity contribution in [3.8, 4) is 17.2 Å². The number of carbonyl (C=O) groups excluding carboxylic acids is 1. The van der Waals surface area contributed by atoms with Crippen LogP contribution in [0, 0.1) is 17.7 Å². The number of methoxy groups -OCH3 is 3. The lowest BCUT2D eigenvalue weighted by Gasteiger charge is -2.34. The van der Waals surface area contributed by atoms with Crippen molar-refractivity contribution in [2.24, 2.45) is 16.9 Å². The first-order valence-corrected chi connectivity index (χ1v) is 16.1. The lowest BCUT2D eigenvalue weighted by Crippen LogP contribution is -2.42. The van der Waals surface area contributed by atoms with Crippen LogP contribution in [-0.4, -0.2) is 64.2 Å². The molecule has 0 saturated carbocycles. The highest BCUT2D eigenvalue weighted by molar-refractivity contribution is 7.89. The van der Waals surface area contributed by atoms with E-state index in [1.54, 1.807) is 12.1 Å². The van der Waals surface area contributed by atoms with Gasteiger partial charge in [-0.1, -0.05) is 25.2 Å². The van der Waals surface area contributed by atoms with E-state index in [-0.39, 0.29) is 27.4 Å². The maximum Gasteiger partial charge on any atom is 0.280 e. The fraction of sp³-hybridized carbons (Fsp3) is 0.323. The summed E-state index contributed by atoms with van der Waals surface area (Å²) in [5.74, 6) is 0.726. The summed E-state index contributed by atoms with van der Waals surface area (Å²) in [5, 5.41) is 5.76. The van der Waals surface area contributed by atoms with Crippen molar-refractivity contribution in [2.45, 2.75) is 25.2 Å². The first-order valence-electron chi connectivity index (χ1n) is 13.9. The fourth-order valence-corrected chi connectivity index (χ4v) is 7.94. The third kappa shape index (κ3) is 6.40. The number of nitrogens with zero attached hydrogens (tertiary/aromatic N) is 4. The van der Waals surface area contributed by atoms with E-state index in [1.165, 1.54) is 74.3 Å². The smallest absolute Gasteiger partial charge is 0.280 e. The van der Waals surface area contributed by atoms with E-state index in [0.29, 0.717) is 46.1 Å². The third-order valence-electron chi connectivity index (χ3n) is 7.30. The Balaban J connectivity index is 1.50. The molecule has 4 aromatic rings. The van der Waals surface area contributed by atoms with Crippen LogP contribution in [-0.2, 0) is 10.0 Å². The number of halogens is 1. The molecule has 1 aliphatic rings. The highest BCUT2D eigenvalue weighted by Crippen LogP contribution is 2.38. The number of hydrazone groups is 1. The molecule has 44 heavy (non-hydrogen) atoms. The molecule has 0 N–H and O–H groups in total. The standard InChI is InChI=1S/C31H33FN4O6S2/c1-19-12-20(2)18-35(17-19)44(38,39)24-9-6-22(7-10-24)30(37)36(31-34-25-11-8-23(32)15-28(25)43-31)33-16-21-13-26(40-3)29(42-5)27(14-21)41-4/h6-11,13-16,19-20H,12,17-18H2,1-5H3/b33-16+. The summed E-state index contributed by atoms with van der Waals surface area (Å²) >= 11 is 1.09. The number of rotatable bonds is 9. The minimum absolute atomic E-state index is 0.110. The van der Waals surface area contributed by atoms with Gasteiger partial charge in [-0.3, -0.25) is 4.79 Å². The Morgan fingerprint density at radius 1 is 1.00 bits per heavy atom. The normalized spacial score (nSPS) is 17.6. The van der Waals surface area contributed by atoms with E-state index >= 15 is 0 Å². The van der Waals surface area contributed by atoms with E-state index in [1.807, 2.05) is 13.8 Å². The average Bonchev–Trinajstić information content (AvgIpc) is 3.42. The summed E-state index contributed by atoms with van der Waals surface area (Å²) in [6.45, 7) is 5.00. The SMILES string of the molecule is COc1cc(/C=N/N(C(=O)c2ccc(S(=O)(=O)N3CC(C)CC(C)C3)cc2)c2nc3ccc(F)cc3s2)cc(OC)c1OC. The molecule has 2 atom stereocenters. The molecular weight excluding hydrogens is 607 g/mol. The summed E-state index contributed by atoms with van der Waals surface area (Å²) in [5.41, 5.74) is 1.23. The van der Waals surface area contributed by atoms with Crippen LogP contribution in [0.2, 0.25) is 0 Å². The van der Waals surface area contributed by atoms with Crippen molar-refractivity contribution < 1.29 is 31.8 Å². The lowest BCUT2D eigenvalue weighted by molar-refractivity contribution is 0.0987. The number of amides is 1. The molecule has 0 radical (unpaired) electrons. The van der Waals surface area contributed by atoms with Crippen LogP contribution in [0.1, 0.15) is 36.2 Å². The number of sulfonamides is 1. The largest absolute Gasteiger partial charge is 0.493 e. The molecule has 5 rings (SSSR count). The maximum atomic E-state index is 13.9. The van der Waals surface area contributed by atoms with Gasteiger partial charge in [0.15, 0.2) is 11.5 Å². The molecule has 2 unspecified atom stereocenters. The first kappa shape index (κ1) is 31.4. The van der Waals surface area contributed by atoms with Crippen molar-refractivity contribution in [3.05, 3.63) is 71.5 Å². The Morgan fingerprint density at radius 2 is 1.64 bits per heavy atom. The molecule has 1 fully saturated rings. The van der Waals surface area contributed by atoms with Gasteiger partial charge in [-0.05, 0) is 72.9 Å². The van der Waals surface area contributed by atoms with Crippen LogP contribution in [0.15, 0.2) is 64.6 Å². The Bertz CT molecular complexity index is 1770. The number of fused-ring (bicyclic) bond motifs is 1. The predicted octanol–water partition coefficient (Wildman–Crippen LogP) is 5.81. The van der Waals surface area contributed by atoms with Crippen LogP contribution < -0.4 is 19.2 Å². The number of carbonyl (C=O) groups is 1. The van der Waals surface area contributed by atoms with Gasteiger partial charge in [-0.2, -0.15) is 14.4 Å². The first-order chi connectivity index (χ1) is 21.0. The maximum absolute atomic E-state index is 13.9. The van der Waals surface area contributed by atoms with Gasteiger partial charge in [-0.15, -0.1) is 0 Å². The Labute approximate surface area is 259 Å². The number of hydrogen-bond donors (Lipinski definition) is 0. The van der Waals surface area contributed by atoms with Crippen LogP contribution in [0.4, 0.5) is 9.52 Å². The molecule has 1 aromatic heterocycles. The van der Waals surface area contributed by atoms with Crippen molar-refractivity contribution >= 4 is 48.8 Å². The van der Waals surface area contributed by atoms with Gasteiger partial charge in [0.05, 0.1) is 42.7 Å². The highest BCUT2D eigenvalue weighted by Gasteiger charge is 2.32. The lowest BCUT2D eigenvalue weighted by atomic mass is 9.94. The van der Waals surface area contributed by atoms with Gasteiger partial charge in [0, 0.05) is 24.2 Å². The summed E-state index contributed by atoms with van der Waals surface area (Å²) in [7, 11) is 0.746. The summed E-state index contributed by atoms with van der Waals surface area (Å²) < 4.78 is 59.0. The Kier molecular flexibility index (Phi) is 9.18. The molecule has 1 saturated heterocycles. The van der Waals surface area contributed by atoms with Crippen LogP contribution in [0.3, 0.4) is 0 Å². The van der Waals surface area contributed by atoms with E-state index in [9.17, 15) is 17.6 Å². The zero-order valence-corrected chi connectivity index (χ0v) is 26.6. The second-order valence-corrected chi connectivity index (χ2v) is 13.7. The van der Waals surface area contributed by atoms with E-state index in [2.05, 4.69) is 10.1 Å². The highest BCUT2D eigenvalue weighted by atomic mass is 32.2. The molecule has 232 valence electrons. The van der Waals surface area contributed by atoms with Gasteiger partial charge < -0.3 is 14.2 Å². The average molecular weight is 641 g/mol. The molecule has 3 aromatic carbocycles. The van der Waals surface area contributed by atoms with Crippen molar-refractivity contribution in [1.82, 2.24) is 9.29 Å². The number of benzene rings is 3. The Morgan fingerprint density at radius 3 is 2.23 bits per heavy atom. The second-order valence-electron chi connectivity index (χ2n) is 10.7. The number of thiazole rings is 1. The van der Waals surface area contributed by atoms with Crippen molar-refractivity contribution in [1.29, 1.82) is 0 Å². The van der Waals surface area contributed by atoms with Crippen molar-refractivity contribution in [2.75, 3.05) is 39.4 Å². The number of hydrogen-bond acceptors (Lipinski definition) is 9. The van der Waals surface area contributed by atoms with Crippen molar-refractivity contribution in [3.63, 3.8) is 0 Å². The quantitative estimate of drug-likeness (QED) is 0.168. The topological polar surface area (TPSA) is 111 Å². The zero-order chi connectivity index (χ0) is 31.6. The second kappa shape index (κ2) is 12.9. The van der Waals surface area contributed by atoms with Gasteiger partial charge >= 0.3 is 0 Å². The number of anilines is 1. The zero-order valence-electron chi connectivity index (χ0n) is 25.0. The molecule has 2 heterocycles. The van der Waals surface area contributed by atoms with Crippen LogP contribution in [0.25, 0.3) is 10.2 Å². The Hall–Kier alpha value is -4.07. The minimum Gasteiger partial charge on any atom is -0.493 e. The number of ether oxygens (including phenoxy) is 3. The summed E-state index contributed by atoms with van der Waals surface area (Å²) in [6.07, 6.45) is 2.41. The molecule has 0 aliphatic carbocycles. The fourth-order valence-electron chi connectivity index (χ4n) is 5.31. The van der Waals surface area contributed by atoms with E-state index < -0.39 is 21.7 Å². The molecular formula is C31H33FN4O6S2. The third-order valence-corrected chi connectivity index (χ3v) is 10.1. The van der Waals surface area contributed by atoms with Crippen LogP contribution >= 0.6 is 11.3 Å². The molecule has 10 nitrogen and oxygen atoms in total. The van der Waals surface area contributed by atoms with Gasteiger partial charge in [0.2, 0.25) is 20.9 Å². The minimum atomic E-state index is -3.73. The van der Waals surface area contributed by atoms with E-state index in [0.717, 1.165) is 22.8 Å². The van der Waals surface area contributed by atoms with Gasteiger partial charge in [0.1, 0.15) is 5.82 Å². The molecule has 13 heteroatoms. The molecule has 0 spiro atoms. The number of aromatic nitrogens is 1.